The zero-order valence-corrected chi connectivity index (χ0v) is 11.4. The molecule has 3 heterocycles. The van der Waals surface area contributed by atoms with Crippen molar-refractivity contribution >= 4 is 5.91 Å². The maximum atomic E-state index is 14.4. The molecule has 6 heteroatoms. The van der Waals surface area contributed by atoms with Crippen molar-refractivity contribution in [2.45, 2.75) is 6.10 Å². The summed E-state index contributed by atoms with van der Waals surface area (Å²) in [6.45, 7) is 0. The van der Waals surface area contributed by atoms with Crippen LogP contribution in [0.25, 0.3) is 11.1 Å². The van der Waals surface area contributed by atoms with E-state index in [0.717, 1.165) is 6.20 Å². The van der Waals surface area contributed by atoms with Crippen LogP contribution in [0, 0.1) is 5.82 Å². The Labute approximate surface area is 126 Å². The van der Waals surface area contributed by atoms with Crippen molar-refractivity contribution in [3.05, 3.63) is 72.3 Å². The number of rotatable bonds is 3. The first kappa shape index (κ1) is 13.9. The molecule has 1 unspecified atom stereocenters. The molecule has 1 atom stereocenters. The number of carbonyl (C=O) groups is 1. The van der Waals surface area contributed by atoms with Crippen LogP contribution in [0.3, 0.4) is 0 Å². The van der Waals surface area contributed by atoms with Gasteiger partial charge in [0, 0.05) is 29.1 Å². The van der Waals surface area contributed by atoms with Gasteiger partial charge < -0.3 is 10.5 Å². The molecule has 2 aromatic rings. The topological polar surface area (TPSA) is 78.1 Å². The number of ether oxygens (including phenoxy) is 1. The van der Waals surface area contributed by atoms with Crippen molar-refractivity contribution in [3.8, 4) is 11.1 Å². The quantitative estimate of drug-likeness (QED) is 0.944. The average Bonchev–Trinajstić information content (AvgIpc) is 2.56. The highest BCUT2D eigenvalue weighted by atomic mass is 19.1. The highest BCUT2D eigenvalue weighted by molar-refractivity contribution is 5.94. The van der Waals surface area contributed by atoms with Gasteiger partial charge in [-0.05, 0) is 18.2 Å². The normalized spacial score (nSPS) is 16.3. The fraction of sp³-hybridized carbons (Fsp3) is 0.0625. The van der Waals surface area contributed by atoms with E-state index in [4.69, 9.17) is 10.5 Å². The zero-order chi connectivity index (χ0) is 15.5. The lowest BCUT2D eigenvalue weighted by atomic mass is 9.94. The standard InChI is InChI=1S/C16H12FN3O2/c17-11-9-20-15(16(18)21)14(12-5-1-2-7-22-12)13(11)10-4-3-6-19-8-10/h1-9,12H,(H2,18,21). The second-order valence-electron chi connectivity index (χ2n) is 4.62. The van der Waals surface area contributed by atoms with Crippen LogP contribution in [-0.4, -0.2) is 15.9 Å². The Morgan fingerprint density at radius 3 is 2.82 bits per heavy atom. The van der Waals surface area contributed by atoms with Crippen LogP contribution in [0.4, 0.5) is 4.39 Å². The first-order chi connectivity index (χ1) is 10.7. The smallest absolute Gasteiger partial charge is 0.267 e. The van der Waals surface area contributed by atoms with Gasteiger partial charge in [-0.15, -0.1) is 0 Å². The number of hydrogen-bond acceptors (Lipinski definition) is 4. The first-order valence-electron chi connectivity index (χ1n) is 6.56. The summed E-state index contributed by atoms with van der Waals surface area (Å²) in [5, 5.41) is 0. The Morgan fingerprint density at radius 2 is 2.18 bits per heavy atom. The molecular weight excluding hydrogens is 285 g/mol. The van der Waals surface area contributed by atoms with Crippen molar-refractivity contribution in [2.24, 2.45) is 5.73 Å². The monoisotopic (exact) mass is 297 g/mol. The van der Waals surface area contributed by atoms with E-state index < -0.39 is 17.8 Å². The molecule has 0 aromatic carbocycles. The van der Waals surface area contributed by atoms with Gasteiger partial charge in [0.1, 0.15) is 17.6 Å². The predicted molar refractivity (Wildman–Crippen MR) is 78.0 cm³/mol. The van der Waals surface area contributed by atoms with Crippen molar-refractivity contribution in [1.29, 1.82) is 0 Å². The van der Waals surface area contributed by atoms with E-state index in [1.54, 1.807) is 36.6 Å². The van der Waals surface area contributed by atoms with Gasteiger partial charge in [-0.2, -0.15) is 0 Å². The highest BCUT2D eigenvalue weighted by Crippen LogP contribution is 2.35. The van der Waals surface area contributed by atoms with E-state index in [0.29, 0.717) is 11.1 Å². The van der Waals surface area contributed by atoms with Crippen LogP contribution in [-0.2, 0) is 4.74 Å². The van der Waals surface area contributed by atoms with Gasteiger partial charge >= 0.3 is 0 Å². The molecule has 3 rings (SSSR count). The van der Waals surface area contributed by atoms with Gasteiger partial charge in [-0.25, -0.2) is 9.37 Å². The van der Waals surface area contributed by atoms with E-state index >= 15 is 0 Å². The van der Waals surface area contributed by atoms with Crippen LogP contribution < -0.4 is 5.73 Å². The second kappa shape index (κ2) is 5.77. The third-order valence-electron chi connectivity index (χ3n) is 3.24. The SMILES string of the molecule is NC(=O)c1ncc(F)c(-c2cccnc2)c1C1C=CC=CO1. The number of carbonyl (C=O) groups excluding carboxylic acids is 1. The fourth-order valence-corrected chi connectivity index (χ4v) is 2.33. The van der Waals surface area contributed by atoms with E-state index in [1.165, 1.54) is 12.5 Å². The summed E-state index contributed by atoms with van der Waals surface area (Å²) < 4.78 is 19.9. The van der Waals surface area contributed by atoms with E-state index in [-0.39, 0.29) is 11.3 Å². The minimum atomic E-state index is -0.744. The summed E-state index contributed by atoms with van der Waals surface area (Å²) >= 11 is 0. The van der Waals surface area contributed by atoms with Crippen molar-refractivity contribution < 1.29 is 13.9 Å². The molecule has 2 aromatic heterocycles. The number of aromatic nitrogens is 2. The number of pyridine rings is 2. The summed E-state index contributed by atoms with van der Waals surface area (Å²) in [4.78, 5) is 19.5. The Bertz CT molecular complexity index is 772. The van der Waals surface area contributed by atoms with Crippen molar-refractivity contribution in [2.75, 3.05) is 0 Å². The van der Waals surface area contributed by atoms with Crippen LogP contribution >= 0.6 is 0 Å². The molecule has 1 aliphatic heterocycles. The lowest BCUT2D eigenvalue weighted by molar-refractivity contribution is 0.0989. The van der Waals surface area contributed by atoms with Gasteiger partial charge in [0.25, 0.3) is 5.91 Å². The van der Waals surface area contributed by atoms with Crippen LogP contribution in [0.2, 0.25) is 0 Å². The van der Waals surface area contributed by atoms with Crippen molar-refractivity contribution in [3.63, 3.8) is 0 Å². The van der Waals surface area contributed by atoms with Gasteiger partial charge in [0.2, 0.25) is 0 Å². The van der Waals surface area contributed by atoms with Gasteiger partial charge in [0.15, 0.2) is 0 Å². The molecule has 0 saturated heterocycles. The molecule has 110 valence electrons. The van der Waals surface area contributed by atoms with Crippen LogP contribution in [0.15, 0.2) is 55.2 Å². The Morgan fingerprint density at radius 1 is 1.32 bits per heavy atom. The number of nitrogens with zero attached hydrogens (tertiary/aromatic N) is 2. The van der Waals surface area contributed by atoms with Crippen molar-refractivity contribution in [1.82, 2.24) is 9.97 Å². The number of amides is 1. The third-order valence-corrected chi connectivity index (χ3v) is 3.24. The minimum Gasteiger partial charge on any atom is -0.489 e. The number of hydrogen-bond donors (Lipinski definition) is 1. The molecule has 0 radical (unpaired) electrons. The van der Waals surface area contributed by atoms with Gasteiger partial charge in [-0.3, -0.25) is 9.78 Å². The lowest BCUT2D eigenvalue weighted by Gasteiger charge is -2.21. The summed E-state index contributed by atoms with van der Waals surface area (Å²) in [5.41, 5.74) is 6.38. The molecule has 1 amide bonds. The maximum absolute atomic E-state index is 14.4. The zero-order valence-electron chi connectivity index (χ0n) is 11.4. The summed E-state index contributed by atoms with van der Waals surface area (Å²) in [6.07, 6.45) is 10.0. The molecular formula is C16H12FN3O2. The number of halogens is 1. The fourth-order valence-electron chi connectivity index (χ4n) is 2.33. The summed E-state index contributed by atoms with van der Waals surface area (Å²) in [7, 11) is 0. The third kappa shape index (κ3) is 2.46. The van der Waals surface area contributed by atoms with E-state index in [1.807, 2.05) is 0 Å². The average molecular weight is 297 g/mol. The molecule has 0 saturated carbocycles. The second-order valence-corrected chi connectivity index (χ2v) is 4.62. The Hall–Kier alpha value is -3.02. The van der Waals surface area contributed by atoms with E-state index in [9.17, 15) is 9.18 Å². The molecule has 0 spiro atoms. The molecule has 2 N–H and O–H groups in total. The van der Waals surface area contributed by atoms with Crippen LogP contribution in [0.1, 0.15) is 22.2 Å². The molecule has 22 heavy (non-hydrogen) atoms. The molecule has 0 aliphatic carbocycles. The van der Waals surface area contributed by atoms with E-state index in [2.05, 4.69) is 9.97 Å². The Balaban J connectivity index is 2.27. The molecule has 0 fully saturated rings. The highest BCUT2D eigenvalue weighted by Gasteiger charge is 2.26. The largest absolute Gasteiger partial charge is 0.489 e. The van der Waals surface area contributed by atoms with Gasteiger partial charge in [0.05, 0.1) is 12.5 Å². The molecule has 0 bridgehead atoms. The number of allylic oxidation sites excluding steroid dienone is 2. The first-order valence-corrected chi connectivity index (χ1v) is 6.56. The lowest BCUT2D eigenvalue weighted by Crippen LogP contribution is -2.19. The molecule has 5 nitrogen and oxygen atoms in total. The summed E-state index contributed by atoms with van der Waals surface area (Å²) in [6, 6.07) is 3.38. The van der Waals surface area contributed by atoms with Gasteiger partial charge in [-0.1, -0.05) is 12.1 Å². The number of primary amides is 1. The Kier molecular flexibility index (Phi) is 3.65. The predicted octanol–water partition coefficient (Wildman–Crippen LogP) is 2.52. The maximum Gasteiger partial charge on any atom is 0.267 e. The molecule has 1 aliphatic rings. The summed E-state index contributed by atoms with van der Waals surface area (Å²) in [5.74, 6) is -1.31. The minimum absolute atomic E-state index is 0.0230. The van der Waals surface area contributed by atoms with Crippen LogP contribution in [0.5, 0.6) is 0 Å². The number of nitrogens with two attached hydrogens (primary N) is 1.